The number of para-hydroxylation sites is 1. The smallest absolute Gasteiger partial charge is 0.264 e. The molecule has 0 saturated heterocycles. The SMILES string of the molecule is CNC(=O)[C@@H](Cc1ccccc1)N(Cc1ccccc1Cl)C(=O)CN(c1ccccc1Cl)S(=O)(=O)c1ccccc1. The molecular weight excluding hydrogens is 581 g/mol. The molecule has 0 saturated carbocycles. The minimum absolute atomic E-state index is 0.00231. The summed E-state index contributed by atoms with van der Waals surface area (Å²) in [5.74, 6) is -1.00. The van der Waals surface area contributed by atoms with Gasteiger partial charge in [-0.25, -0.2) is 8.42 Å². The van der Waals surface area contributed by atoms with E-state index in [4.69, 9.17) is 23.2 Å². The average Bonchev–Trinajstić information content (AvgIpc) is 2.99. The Labute approximate surface area is 250 Å². The van der Waals surface area contributed by atoms with Gasteiger partial charge in [0.25, 0.3) is 10.0 Å². The molecule has 0 bridgehead atoms. The van der Waals surface area contributed by atoms with Crippen molar-refractivity contribution in [2.45, 2.75) is 23.9 Å². The summed E-state index contributed by atoms with van der Waals surface area (Å²) >= 11 is 12.9. The van der Waals surface area contributed by atoms with Gasteiger partial charge < -0.3 is 10.2 Å². The van der Waals surface area contributed by atoms with Crippen LogP contribution in [0.2, 0.25) is 10.0 Å². The first kappa shape index (κ1) is 30.1. The molecule has 0 fully saturated rings. The van der Waals surface area contributed by atoms with Crippen LogP contribution in [0.1, 0.15) is 11.1 Å². The lowest BCUT2D eigenvalue weighted by Gasteiger charge is -2.34. The van der Waals surface area contributed by atoms with Gasteiger partial charge in [0.15, 0.2) is 0 Å². The summed E-state index contributed by atoms with van der Waals surface area (Å²) in [6, 6.07) is 29.6. The van der Waals surface area contributed by atoms with Gasteiger partial charge in [-0.15, -0.1) is 0 Å². The van der Waals surface area contributed by atoms with Crippen LogP contribution in [0.3, 0.4) is 0 Å². The third kappa shape index (κ3) is 7.27. The van der Waals surface area contributed by atoms with E-state index in [-0.39, 0.29) is 28.6 Å². The number of amides is 2. The largest absolute Gasteiger partial charge is 0.357 e. The molecule has 10 heteroatoms. The van der Waals surface area contributed by atoms with E-state index in [0.29, 0.717) is 10.6 Å². The Hall–Kier alpha value is -3.85. The maximum Gasteiger partial charge on any atom is 0.264 e. The molecule has 7 nitrogen and oxygen atoms in total. The Kier molecular flexibility index (Phi) is 10.0. The van der Waals surface area contributed by atoms with E-state index in [1.54, 1.807) is 60.7 Å². The van der Waals surface area contributed by atoms with Gasteiger partial charge in [-0.2, -0.15) is 0 Å². The maximum absolute atomic E-state index is 14.2. The lowest BCUT2D eigenvalue weighted by atomic mass is 10.0. The summed E-state index contributed by atoms with van der Waals surface area (Å²) in [6.07, 6.45) is 0.203. The second-order valence-electron chi connectivity index (χ2n) is 9.21. The van der Waals surface area contributed by atoms with Crippen LogP contribution in [0.4, 0.5) is 5.69 Å². The number of anilines is 1. The fourth-order valence-electron chi connectivity index (χ4n) is 4.42. The third-order valence-electron chi connectivity index (χ3n) is 6.55. The van der Waals surface area contributed by atoms with Crippen LogP contribution in [0.5, 0.6) is 0 Å². The second kappa shape index (κ2) is 13.7. The number of rotatable bonds is 11. The van der Waals surface area contributed by atoms with Gasteiger partial charge in [-0.3, -0.25) is 13.9 Å². The number of carbonyl (C=O) groups is 2. The molecule has 0 unspecified atom stereocenters. The molecule has 0 radical (unpaired) electrons. The molecule has 0 aliphatic rings. The topological polar surface area (TPSA) is 86.8 Å². The standard InChI is InChI=1S/C31H29Cl2N3O4S/c1-34-31(38)29(20-23-12-4-2-5-13-23)35(21-24-14-8-9-17-26(24)32)30(37)22-36(28-19-11-10-18-27(28)33)41(39,40)25-15-6-3-7-16-25/h2-19,29H,20-22H2,1H3,(H,34,38)/t29-/m1/s1. The van der Waals surface area contributed by atoms with Crippen molar-refractivity contribution >= 4 is 50.7 Å². The van der Waals surface area contributed by atoms with Crippen LogP contribution < -0.4 is 9.62 Å². The first-order valence-corrected chi connectivity index (χ1v) is 15.0. The zero-order valence-electron chi connectivity index (χ0n) is 22.3. The molecule has 4 aromatic rings. The molecule has 2 amide bonds. The van der Waals surface area contributed by atoms with Crippen LogP contribution in [0.15, 0.2) is 114 Å². The van der Waals surface area contributed by atoms with Gasteiger partial charge in [0.1, 0.15) is 12.6 Å². The van der Waals surface area contributed by atoms with Crippen molar-refractivity contribution in [3.63, 3.8) is 0 Å². The summed E-state index contributed by atoms with van der Waals surface area (Å²) < 4.78 is 28.8. The molecule has 0 aromatic heterocycles. The number of hydrogen-bond acceptors (Lipinski definition) is 4. The fourth-order valence-corrected chi connectivity index (χ4v) is 6.36. The van der Waals surface area contributed by atoms with Crippen LogP contribution >= 0.6 is 23.2 Å². The molecule has 0 aliphatic heterocycles. The first-order chi connectivity index (χ1) is 19.7. The normalized spacial score (nSPS) is 11.9. The van der Waals surface area contributed by atoms with E-state index in [9.17, 15) is 18.0 Å². The lowest BCUT2D eigenvalue weighted by molar-refractivity contribution is -0.139. The van der Waals surface area contributed by atoms with Gasteiger partial charge in [0.2, 0.25) is 11.8 Å². The Morgan fingerprint density at radius 2 is 1.34 bits per heavy atom. The van der Waals surface area contributed by atoms with Crippen molar-refractivity contribution in [3.8, 4) is 0 Å². The molecule has 0 aliphatic carbocycles. The van der Waals surface area contributed by atoms with Crippen molar-refractivity contribution < 1.29 is 18.0 Å². The number of hydrogen-bond donors (Lipinski definition) is 1. The third-order valence-corrected chi connectivity index (χ3v) is 9.01. The van der Waals surface area contributed by atoms with Gasteiger partial charge in [0, 0.05) is 25.0 Å². The Morgan fingerprint density at radius 1 is 0.780 bits per heavy atom. The Morgan fingerprint density at radius 3 is 1.95 bits per heavy atom. The predicted molar refractivity (Wildman–Crippen MR) is 162 cm³/mol. The number of benzene rings is 4. The van der Waals surface area contributed by atoms with Crippen LogP contribution in [-0.4, -0.2) is 44.8 Å². The first-order valence-electron chi connectivity index (χ1n) is 12.8. The lowest BCUT2D eigenvalue weighted by Crippen LogP contribution is -2.53. The number of likely N-dealkylation sites (N-methyl/N-ethyl adjacent to an activating group) is 1. The van der Waals surface area contributed by atoms with E-state index in [0.717, 1.165) is 9.87 Å². The Bertz CT molecular complexity index is 1600. The van der Waals surface area contributed by atoms with E-state index in [1.165, 1.54) is 30.1 Å². The van der Waals surface area contributed by atoms with Gasteiger partial charge in [0.05, 0.1) is 15.6 Å². The minimum atomic E-state index is -4.22. The number of nitrogens with one attached hydrogen (secondary N) is 1. The average molecular weight is 611 g/mol. The van der Waals surface area contributed by atoms with Gasteiger partial charge >= 0.3 is 0 Å². The number of sulfonamides is 1. The van der Waals surface area contributed by atoms with Crippen LogP contribution in [0, 0.1) is 0 Å². The number of nitrogens with zero attached hydrogens (tertiary/aromatic N) is 2. The highest BCUT2D eigenvalue weighted by molar-refractivity contribution is 7.92. The van der Waals surface area contributed by atoms with E-state index in [1.807, 2.05) is 30.3 Å². The van der Waals surface area contributed by atoms with Crippen LogP contribution in [-0.2, 0) is 32.6 Å². The molecule has 0 spiro atoms. The van der Waals surface area contributed by atoms with Crippen molar-refractivity contribution in [1.82, 2.24) is 10.2 Å². The van der Waals surface area contributed by atoms with Gasteiger partial charge in [-0.05, 0) is 41.5 Å². The van der Waals surface area contributed by atoms with Crippen molar-refractivity contribution in [2.24, 2.45) is 0 Å². The van der Waals surface area contributed by atoms with Crippen molar-refractivity contribution in [1.29, 1.82) is 0 Å². The molecule has 1 N–H and O–H groups in total. The summed E-state index contributed by atoms with van der Waals surface area (Å²) in [5.41, 5.74) is 1.58. The maximum atomic E-state index is 14.2. The van der Waals surface area contributed by atoms with E-state index < -0.39 is 34.4 Å². The minimum Gasteiger partial charge on any atom is -0.357 e. The van der Waals surface area contributed by atoms with Crippen molar-refractivity contribution in [3.05, 3.63) is 130 Å². The van der Waals surface area contributed by atoms with E-state index >= 15 is 0 Å². The molecule has 0 heterocycles. The highest BCUT2D eigenvalue weighted by atomic mass is 35.5. The monoisotopic (exact) mass is 609 g/mol. The van der Waals surface area contributed by atoms with Crippen molar-refractivity contribution in [2.75, 3.05) is 17.9 Å². The summed E-state index contributed by atoms with van der Waals surface area (Å²) in [5, 5.41) is 3.23. The second-order valence-corrected chi connectivity index (χ2v) is 11.9. The zero-order valence-corrected chi connectivity index (χ0v) is 24.6. The molecule has 4 rings (SSSR count). The number of halogens is 2. The Balaban J connectivity index is 1.80. The predicted octanol–water partition coefficient (Wildman–Crippen LogP) is 5.57. The summed E-state index contributed by atoms with van der Waals surface area (Å²) in [7, 11) is -2.73. The fraction of sp³-hybridized carbons (Fsp3) is 0.161. The van der Waals surface area contributed by atoms with Crippen LogP contribution in [0.25, 0.3) is 0 Å². The molecular formula is C31H29Cl2N3O4S. The molecule has 4 aromatic carbocycles. The van der Waals surface area contributed by atoms with Gasteiger partial charge in [-0.1, -0.05) is 102 Å². The summed E-state index contributed by atoms with van der Waals surface area (Å²) in [6.45, 7) is -0.626. The highest BCUT2D eigenvalue weighted by Crippen LogP contribution is 2.31. The molecule has 1 atom stereocenters. The summed E-state index contributed by atoms with van der Waals surface area (Å²) in [4.78, 5) is 28.9. The molecule has 212 valence electrons. The molecule has 41 heavy (non-hydrogen) atoms. The number of carbonyl (C=O) groups excluding carboxylic acids is 2. The quantitative estimate of drug-likeness (QED) is 0.241. The van der Waals surface area contributed by atoms with E-state index in [2.05, 4.69) is 5.32 Å². The highest BCUT2D eigenvalue weighted by Gasteiger charge is 2.35. The zero-order chi connectivity index (χ0) is 29.4.